The van der Waals surface area contributed by atoms with Crippen LogP contribution in [-0.4, -0.2) is 14.3 Å². The molecule has 0 spiro atoms. The third-order valence-electron chi connectivity index (χ3n) is 2.26. The standard InChI is InChI=1S/C7H16N2O3S/c1-5(2)7(3,4)6(10)9-13(8,11)12/h5H,1-4H3,(H,9,10)(H2,8,11,12). The summed E-state index contributed by atoms with van der Waals surface area (Å²) in [7, 11) is -3.94. The van der Waals surface area contributed by atoms with E-state index in [-0.39, 0.29) is 5.92 Å². The van der Waals surface area contributed by atoms with Gasteiger partial charge in [0.25, 0.3) is 10.2 Å². The van der Waals surface area contributed by atoms with Gasteiger partial charge in [-0.1, -0.05) is 27.7 Å². The Kier molecular flexibility index (Phi) is 3.46. The van der Waals surface area contributed by atoms with Crippen LogP contribution in [0.15, 0.2) is 0 Å². The Morgan fingerprint density at radius 2 is 1.77 bits per heavy atom. The molecule has 0 heterocycles. The molecule has 13 heavy (non-hydrogen) atoms. The lowest BCUT2D eigenvalue weighted by Crippen LogP contribution is -2.45. The van der Waals surface area contributed by atoms with Gasteiger partial charge in [-0.3, -0.25) is 4.79 Å². The van der Waals surface area contributed by atoms with Crippen LogP contribution in [0.4, 0.5) is 0 Å². The fourth-order valence-electron chi connectivity index (χ4n) is 0.523. The van der Waals surface area contributed by atoms with Crippen LogP contribution < -0.4 is 9.86 Å². The summed E-state index contributed by atoms with van der Waals surface area (Å²) < 4.78 is 22.9. The molecule has 78 valence electrons. The molecule has 0 saturated heterocycles. The van der Waals surface area contributed by atoms with Crippen molar-refractivity contribution >= 4 is 16.1 Å². The molecular weight excluding hydrogens is 192 g/mol. The first-order valence-electron chi connectivity index (χ1n) is 3.92. The van der Waals surface area contributed by atoms with E-state index in [4.69, 9.17) is 0 Å². The van der Waals surface area contributed by atoms with Crippen molar-refractivity contribution in [1.82, 2.24) is 4.72 Å². The SMILES string of the molecule is CC(C)C(C)(C)C(=O)NS(N)(=O)=O. The van der Waals surface area contributed by atoms with Gasteiger partial charge in [0.1, 0.15) is 0 Å². The van der Waals surface area contributed by atoms with Crippen LogP contribution in [-0.2, 0) is 15.0 Å². The Morgan fingerprint density at radius 1 is 1.38 bits per heavy atom. The molecule has 0 aromatic carbocycles. The predicted molar refractivity (Wildman–Crippen MR) is 49.9 cm³/mol. The molecule has 0 aliphatic carbocycles. The van der Waals surface area contributed by atoms with E-state index < -0.39 is 21.5 Å². The number of nitrogens with one attached hydrogen (secondary N) is 1. The normalized spacial score (nSPS) is 13.1. The Labute approximate surface area is 78.9 Å². The van der Waals surface area contributed by atoms with E-state index in [1.807, 2.05) is 13.8 Å². The molecule has 0 aromatic rings. The van der Waals surface area contributed by atoms with Gasteiger partial charge in [0.15, 0.2) is 0 Å². The molecule has 0 fully saturated rings. The summed E-state index contributed by atoms with van der Waals surface area (Å²) in [6.45, 7) is 7.00. The highest BCUT2D eigenvalue weighted by molar-refractivity contribution is 7.87. The smallest absolute Gasteiger partial charge is 0.273 e. The maximum absolute atomic E-state index is 11.4. The lowest BCUT2D eigenvalue weighted by molar-refractivity contribution is -0.129. The molecule has 0 aromatic heterocycles. The Bertz CT molecular complexity index is 293. The van der Waals surface area contributed by atoms with Crippen LogP contribution in [0.5, 0.6) is 0 Å². The maximum Gasteiger partial charge on any atom is 0.298 e. The van der Waals surface area contributed by atoms with Gasteiger partial charge in [-0.15, -0.1) is 0 Å². The molecule has 0 aliphatic heterocycles. The minimum Gasteiger partial charge on any atom is -0.273 e. The van der Waals surface area contributed by atoms with Crippen molar-refractivity contribution in [1.29, 1.82) is 0 Å². The molecule has 3 N–H and O–H groups in total. The lowest BCUT2D eigenvalue weighted by Gasteiger charge is -2.26. The number of hydrogen-bond donors (Lipinski definition) is 2. The van der Waals surface area contributed by atoms with Gasteiger partial charge in [-0.25, -0.2) is 9.86 Å². The van der Waals surface area contributed by atoms with E-state index >= 15 is 0 Å². The molecule has 6 heteroatoms. The van der Waals surface area contributed by atoms with Gasteiger partial charge in [-0.2, -0.15) is 8.42 Å². The average molecular weight is 208 g/mol. The monoisotopic (exact) mass is 208 g/mol. The molecule has 5 nitrogen and oxygen atoms in total. The molecule has 1 amide bonds. The zero-order valence-electron chi connectivity index (χ0n) is 8.29. The predicted octanol–water partition coefficient (Wildman–Crippen LogP) is -0.0117. The summed E-state index contributed by atoms with van der Waals surface area (Å²) in [6, 6.07) is 0. The second-order valence-corrected chi connectivity index (χ2v) is 5.15. The van der Waals surface area contributed by atoms with E-state index in [1.54, 1.807) is 18.6 Å². The summed E-state index contributed by atoms with van der Waals surface area (Å²) in [6.07, 6.45) is 0. The molecule has 0 aliphatic rings. The zero-order chi connectivity index (χ0) is 10.9. The summed E-state index contributed by atoms with van der Waals surface area (Å²) >= 11 is 0. The second-order valence-electron chi connectivity index (χ2n) is 3.85. The quantitative estimate of drug-likeness (QED) is 0.683. The topological polar surface area (TPSA) is 89.3 Å². The highest BCUT2D eigenvalue weighted by atomic mass is 32.2. The third kappa shape index (κ3) is 3.73. The van der Waals surface area contributed by atoms with Gasteiger partial charge in [0.05, 0.1) is 0 Å². The molecule has 0 unspecified atom stereocenters. The van der Waals surface area contributed by atoms with Crippen molar-refractivity contribution < 1.29 is 13.2 Å². The third-order valence-corrected chi connectivity index (χ3v) is 2.73. The van der Waals surface area contributed by atoms with Crippen LogP contribution in [0.3, 0.4) is 0 Å². The van der Waals surface area contributed by atoms with Crippen LogP contribution in [0.1, 0.15) is 27.7 Å². The average Bonchev–Trinajstić information content (AvgIpc) is 1.82. The Hall–Kier alpha value is -0.620. The molecule has 0 radical (unpaired) electrons. The fraction of sp³-hybridized carbons (Fsp3) is 0.857. The first-order valence-corrected chi connectivity index (χ1v) is 5.47. The molecule has 0 bridgehead atoms. The summed E-state index contributed by atoms with van der Waals surface area (Å²) in [5, 5.41) is 4.67. The molecule has 0 saturated carbocycles. The lowest BCUT2D eigenvalue weighted by atomic mass is 9.81. The maximum atomic E-state index is 11.4. The zero-order valence-corrected chi connectivity index (χ0v) is 9.10. The van der Waals surface area contributed by atoms with Crippen molar-refractivity contribution in [2.24, 2.45) is 16.5 Å². The number of carbonyl (C=O) groups is 1. The van der Waals surface area contributed by atoms with Gasteiger partial charge < -0.3 is 0 Å². The summed E-state index contributed by atoms with van der Waals surface area (Å²) in [5.41, 5.74) is -0.744. The van der Waals surface area contributed by atoms with Gasteiger partial charge in [-0.05, 0) is 5.92 Å². The van der Waals surface area contributed by atoms with Gasteiger partial charge >= 0.3 is 0 Å². The Balaban J connectivity index is 4.63. The van der Waals surface area contributed by atoms with Crippen molar-refractivity contribution in [2.45, 2.75) is 27.7 Å². The highest BCUT2D eigenvalue weighted by Crippen LogP contribution is 2.25. The first kappa shape index (κ1) is 12.4. The number of rotatable bonds is 3. The largest absolute Gasteiger partial charge is 0.298 e. The summed E-state index contributed by atoms with van der Waals surface area (Å²) in [5.74, 6) is -0.542. The van der Waals surface area contributed by atoms with Gasteiger partial charge in [0.2, 0.25) is 5.91 Å². The van der Waals surface area contributed by atoms with Crippen molar-refractivity contribution in [3.8, 4) is 0 Å². The van der Waals surface area contributed by atoms with Gasteiger partial charge in [0, 0.05) is 5.41 Å². The van der Waals surface area contributed by atoms with E-state index in [0.29, 0.717) is 0 Å². The van der Waals surface area contributed by atoms with E-state index in [0.717, 1.165) is 0 Å². The van der Waals surface area contributed by atoms with E-state index in [2.05, 4.69) is 5.14 Å². The molecule has 0 rings (SSSR count). The summed E-state index contributed by atoms with van der Waals surface area (Å²) in [4.78, 5) is 11.4. The number of amides is 1. The minimum absolute atomic E-state index is 0.0363. The van der Waals surface area contributed by atoms with Crippen LogP contribution in [0.2, 0.25) is 0 Å². The van der Waals surface area contributed by atoms with Crippen molar-refractivity contribution in [2.75, 3.05) is 0 Å². The second kappa shape index (κ2) is 3.63. The van der Waals surface area contributed by atoms with E-state index in [1.165, 1.54) is 0 Å². The molecular formula is C7H16N2O3S. The van der Waals surface area contributed by atoms with Crippen molar-refractivity contribution in [3.63, 3.8) is 0 Å². The molecule has 0 atom stereocenters. The number of hydrogen-bond acceptors (Lipinski definition) is 3. The first-order chi connectivity index (χ1) is 5.57. The van der Waals surface area contributed by atoms with Crippen LogP contribution in [0, 0.1) is 11.3 Å². The van der Waals surface area contributed by atoms with Crippen LogP contribution >= 0.6 is 0 Å². The fourth-order valence-corrected chi connectivity index (χ4v) is 1.04. The number of carbonyl (C=O) groups excluding carboxylic acids is 1. The minimum atomic E-state index is -3.94. The van der Waals surface area contributed by atoms with Crippen LogP contribution in [0.25, 0.3) is 0 Å². The Morgan fingerprint density at radius 3 is 2.00 bits per heavy atom. The number of nitrogens with two attached hydrogens (primary N) is 1. The van der Waals surface area contributed by atoms with Crippen molar-refractivity contribution in [3.05, 3.63) is 0 Å². The highest BCUT2D eigenvalue weighted by Gasteiger charge is 2.32. The van der Waals surface area contributed by atoms with E-state index in [9.17, 15) is 13.2 Å².